The van der Waals surface area contributed by atoms with Crippen molar-refractivity contribution in [2.75, 3.05) is 46.9 Å². The normalized spacial score (nSPS) is 15.2. The smallest absolute Gasteiger partial charge is 0.317 e. The summed E-state index contributed by atoms with van der Waals surface area (Å²) in [5.74, 6) is 0.827. The Kier molecular flexibility index (Phi) is 6.99. The number of thiophene rings is 1. The Morgan fingerprint density at radius 2 is 1.83 bits per heavy atom. The number of nitrogens with zero attached hydrogens (tertiary/aromatic N) is 2. The average molecular weight is 440 g/mol. The quantitative estimate of drug-likeness (QED) is 0.713. The van der Waals surface area contributed by atoms with Gasteiger partial charge in [-0.1, -0.05) is 6.07 Å². The molecule has 1 aromatic heterocycles. The molecule has 0 atom stereocenters. The summed E-state index contributed by atoms with van der Waals surface area (Å²) in [6, 6.07) is 8.39. The Morgan fingerprint density at radius 3 is 2.45 bits per heavy atom. The monoisotopic (exact) mass is 439 g/mol. The summed E-state index contributed by atoms with van der Waals surface area (Å²) >= 11 is 1.66. The third-order valence-corrected chi connectivity index (χ3v) is 7.58. The summed E-state index contributed by atoms with van der Waals surface area (Å²) in [7, 11) is -0.715. The highest BCUT2D eigenvalue weighted by molar-refractivity contribution is 7.89. The molecule has 1 saturated heterocycles. The Balaban J connectivity index is 1.55. The average Bonchev–Trinajstić information content (AvgIpc) is 3.26. The maximum atomic E-state index is 12.9. The van der Waals surface area contributed by atoms with E-state index in [0.29, 0.717) is 31.1 Å². The van der Waals surface area contributed by atoms with Gasteiger partial charge in [0.05, 0.1) is 19.1 Å². The fraction of sp³-hybridized carbons (Fsp3) is 0.421. The largest absolute Gasteiger partial charge is 0.493 e. The first-order chi connectivity index (χ1) is 14.0. The first kappa shape index (κ1) is 21.4. The number of benzene rings is 1. The van der Waals surface area contributed by atoms with Gasteiger partial charge in [-0.25, -0.2) is 13.2 Å². The van der Waals surface area contributed by atoms with E-state index in [2.05, 4.69) is 5.32 Å². The van der Waals surface area contributed by atoms with E-state index in [1.165, 1.54) is 35.5 Å². The highest BCUT2D eigenvalue weighted by Crippen LogP contribution is 2.30. The lowest BCUT2D eigenvalue weighted by Crippen LogP contribution is -2.53. The molecule has 158 valence electrons. The maximum absolute atomic E-state index is 12.9. The van der Waals surface area contributed by atoms with Crippen LogP contribution in [0.2, 0.25) is 0 Å². The van der Waals surface area contributed by atoms with Gasteiger partial charge >= 0.3 is 6.03 Å². The van der Waals surface area contributed by atoms with Crippen LogP contribution in [0.25, 0.3) is 0 Å². The number of piperazine rings is 1. The van der Waals surface area contributed by atoms with Gasteiger partial charge in [-0.3, -0.25) is 0 Å². The molecule has 0 unspecified atom stereocenters. The van der Waals surface area contributed by atoms with E-state index in [1.807, 2.05) is 17.5 Å². The van der Waals surface area contributed by atoms with E-state index in [1.54, 1.807) is 22.3 Å². The van der Waals surface area contributed by atoms with Gasteiger partial charge in [0.1, 0.15) is 0 Å². The zero-order valence-electron chi connectivity index (χ0n) is 16.5. The lowest BCUT2D eigenvalue weighted by atomic mass is 10.3. The molecule has 2 amide bonds. The predicted molar refractivity (Wildman–Crippen MR) is 111 cm³/mol. The second-order valence-electron chi connectivity index (χ2n) is 6.47. The molecule has 29 heavy (non-hydrogen) atoms. The molecule has 2 aromatic rings. The Bertz CT molecular complexity index is 923. The van der Waals surface area contributed by atoms with Crippen molar-refractivity contribution in [3.63, 3.8) is 0 Å². The maximum Gasteiger partial charge on any atom is 0.317 e. The molecule has 1 N–H and O–H groups in total. The van der Waals surface area contributed by atoms with Gasteiger partial charge in [0.25, 0.3) is 0 Å². The number of rotatable bonds is 7. The van der Waals surface area contributed by atoms with Crippen molar-refractivity contribution in [2.24, 2.45) is 0 Å². The van der Waals surface area contributed by atoms with Gasteiger partial charge in [-0.2, -0.15) is 4.31 Å². The lowest BCUT2D eigenvalue weighted by molar-refractivity contribution is 0.172. The first-order valence-electron chi connectivity index (χ1n) is 9.23. The first-order valence-corrected chi connectivity index (χ1v) is 11.5. The minimum Gasteiger partial charge on any atom is -0.493 e. The highest BCUT2D eigenvalue weighted by atomic mass is 32.2. The number of urea groups is 1. The number of hydrogen-bond donors (Lipinski definition) is 1. The molecular formula is C19H25N3O5S2. The van der Waals surface area contributed by atoms with Crippen molar-refractivity contribution >= 4 is 27.4 Å². The molecule has 8 nitrogen and oxygen atoms in total. The summed E-state index contributed by atoms with van der Waals surface area (Å²) in [4.78, 5) is 15.3. The molecule has 1 aromatic carbocycles. The van der Waals surface area contributed by atoms with Crippen LogP contribution in [-0.4, -0.2) is 70.6 Å². The number of hydrogen-bond acceptors (Lipinski definition) is 6. The van der Waals surface area contributed by atoms with E-state index in [-0.39, 0.29) is 24.0 Å². The predicted octanol–water partition coefficient (Wildman–Crippen LogP) is 2.02. The minimum absolute atomic E-state index is 0.143. The van der Waals surface area contributed by atoms with E-state index < -0.39 is 10.0 Å². The molecule has 0 saturated carbocycles. The number of amides is 2. The molecule has 10 heteroatoms. The van der Waals surface area contributed by atoms with E-state index >= 15 is 0 Å². The van der Waals surface area contributed by atoms with Gasteiger partial charge in [0, 0.05) is 43.7 Å². The van der Waals surface area contributed by atoms with Crippen molar-refractivity contribution < 1.29 is 22.7 Å². The summed E-state index contributed by atoms with van der Waals surface area (Å²) in [6.07, 6.45) is 0.789. The van der Waals surface area contributed by atoms with Crippen LogP contribution < -0.4 is 14.8 Å². The fourth-order valence-corrected chi connectivity index (χ4v) is 5.26. The van der Waals surface area contributed by atoms with E-state index in [4.69, 9.17) is 9.47 Å². The number of nitrogens with one attached hydrogen (secondary N) is 1. The SMILES string of the molecule is COc1ccc(S(=O)(=O)N2CCN(C(=O)NCCc3cccs3)CC2)cc1OC. The molecule has 0 spiro atoms. The van der Waals surface area contributed by atoms with Crippen LogP contribution in [-0.2, 0) is 16.4 Å². The van der Waals surface area contributed by atoms with Crippen LogP contribution in [0.5, 0.6) is 11.5 Å². The third-order valence-electron chi connectivity index (χ3n) is 4.75. The second kappa shape index (κ2) is 9.47. The van der Waals surface area contributed by atoms with Crippen LogP contribution >= 0.6 is 11.3 Å². The van der Waals surface area contributed by atoms with Crippen molar-refractivity contribution in [1.29, 1.82) is 0 Å². The molecule has 0 radical (unpaired) electrons. The van der Waals surface area contributed by atoms with Crippen LogP contribution in [0.15, 0.2) is 40.6 Å². The van der Waals surface area contributed by atoms with Crippen molar-refractivity contribution in [2.45, 2.75) is 11.3 Å². The zero-order valence-corrected chi connectivity index (χ0v) is 18.1. The standard InChI is InChI=1S/C19H25N3O5S2/c1-26-17-6-5-16(14-18(17)27-2)29(24,25)22-11-9-21(10-12-22)19(23)20-8-7-15-4-3-13-28-15/h3-6,13-14H,7-12H2,1-2H3,(H,20,23). The van der Waals surface area contributed by atoms with E-state index in [0.717, 1.165) is 6.42 Å². The number of ether oxygens (including phenoxy) is 2. The van der Waals surface area contributed by atoms with Crippen molar-refractivity contribution in [3.05, 3.63) is 40.6 Å². The Hall–Kier alpha value is -2.30. The summed E-state index contributed by atoms with van der Waals surface area (Å²) < 4.78 is 37.7. The Morgan fingerprint density at radius 1 is 1.10 bits per heavy atom. The van der Waals surface area contributed by atoms with Crippen LogP contribution in [0.4, 0.5) is 4.79 Å². The molecular weight excluding hydrogens is 414 g/mol. The fourth-order valence-electron chi connectivity index (χ4n) is 3.12. The Labute approximate surface area is 175 Å². The van der Waals surface area contributed by atoms with Gasteiger partial charge in [0.2, 0.25) is 10.0 Å². The van der Waals surface area contributed by atoms with Gasteiger partial charge in [0.15, 0.2) is 11.5 Å². The lowest BCUT2D eigenvalue weighted by Gasteiger charge is -2.34. The number of sulfonamides is 1. The van der Waals surface area contributed by atoms with Crippen molar-refractivity contribution in [1.82, 2.24) is 14.5 Å². The topological polar surface area (TPSA) is 88.2 Å². The number of methoxy groups -OCH3 is 2. The molecule has 2 heterocycles. The summed E-state index contributed by atoms with van der Waals surface area (Å²) in [6.45, 7) is 1.74. The van der Waals surface area contributed by atoms with Crippen LogP contribution in [0.1, 0.15) is 4.88 Å². The highest BCUT2D eigenvalue weighted by Gasteiger charge is 2.30. The zero-order chi connectivity index (χ0) is 20.9. The van der Waals surface area contributed by atoms with Crippen LogP contribution in [0, 0.1) is 0 Å². The molecule has 0 bridgehead atoms. The second-order valence-corrected chi connectivity index (χ2v) is 9.44. The van der Waals surface area contributed by atoms with Crippen molar-refractivity contribution in [3.8, 4) is 11.5 Å². The molecule has 0 aliphatic carbocycles. The van der Waals surface area contributed by atoms with E-state index in [9.17, 15) is 13.2 Å². The minimum atomic E-state index is -3.67. The number of carbonyl (C=O) groups excluding carboxylic acids is 1. The van der Waals surface area contributed by atoms with Gasteiger partial charge in [-0.15, -0.1) is 11.3 Å². The van der Waals surface area contributed by atoms with Gasteiger partial charge < -0.3 is 19.7 Å². The summed E-state index contributed by atoms with van der Waals surface area (Å²) in [5.41, 5.74) is 0. The molecule has 1 fully saturated rings. The molecule has 3 rings (SSSR count). The number of carbonyl (C=O) groups is 1. The summed E-state index contributed by atoms with van der Waals surface area (Å²) in [5, 5.41) is 4.91. The molecule has 1 aliphatic heterocycles. The van der Waals surface area contributed by atoms with Crippen LogP contribution in [0.3, 0.4) is 0 Å². The molecule has 1 aliphatic rings. The van der Waals surface area contributed by atoms with Gasteiger partial charge in [-0.05, 0) is 30.0 Å². The third kappa shape index (κ3) is 5.01.